The number of nitrogens with zero attached hydrogens (tertiary/aromatic N) is 3. The summed E-state index contributed by atoms with van der Waals surface area (Å²) < 4.78 is 12.8. The van der Waals surface area contributed by atoms with Gasteiger partial charge in [0.2, 0.25) is 12.3 Å². The molecule has 1 N–H and O–H groups in total. The van der Waals surface area contributed by atoms with Crippen molar-refractivity contribution >= 4 is 12.3 Å². The van der Waals surface area contributed by atoms with Gasteiger partial charge < -0.3 is 15.0 Å². The number of anilines is 1. The molecule has 22 heavy (non-hydrogen) atoms. The van der Waals surface area contributed by atoms with Gasteiger partial charge in [-0.15, -0.1) is 0 Å². The molecule has 3 rings (SSSR count). The number of ether oxygens (including phenoxy) is 1. The van der Waals surface area contributed by atoms with Crippen LogP contribution < -0.4 is 15.0 Å². The Hall–Kier alpha value is -2.63. The van der Waals surface area contributed by atoms with E-state index in [1.165, 1.54) is 0 Å². The van der Waals surface area contributed by atoms with Crippen LogP contribution in [0, 0.1) is 0 Å². The van der Waals surface area contributed by atoms with Gasteiger partial charge >= 0.3 is 0 Å². The van der Waals surface area contributed by atoms with Crippen LogP contribution in [0.5, 0.6) is 5.75 Å². The monoisotopic (exact) mass is 300 g/mol. The van der Waals surface area contributed by atoms with Crippen LogP contribution in [0.3, 0.4) is 0 Å². The summed E-state index contributed by atoms with van der Waals surface area (Å²) in [6.07, 6.45) is 2.79. The predicted molar refractivity (Wildman–Crippen MR) is 82.7 cm³/mol. The van der Waals surface area contributed by atoms with Crippen molar-refractivity contribution in [2.24, 2.45) is 0 Å². The van der Waals surface area contributed by atoms with E-state index < -0.39 is 6.39 Å². The van der Waals surface area contributed by atoms with Gasteiger partial charge in [-0.3, -0.25) is 4.79 Å². The van der Waals surface area contributed by atoms with Crippen LogP contribution >= 0.6 is 0 Å². The van der Waals surface area contributed by atoms with Crippen LogP contribution in [-0.2, 0) is 4.79 Å². The summed E-state index contributed by atoms with van der Waals surface area (Å²) in [6, 6.07) is 9.15. The van der Waals surface area contributed by atoms with Crippen molar-refractivity contribution in [1.82, 2.24) is 15.3 Å². The average molecular weight is 300 g/mol. The first-order chi connectivity index (χ1) is 11.1. The molecule has 0 saturated carbocycles. The van der Waals surface area contributed by atoms with Gasteiger partial charge in [0, 0.05) is 12.4 Å². The van der Waals surface area contributed by atoms with Crippen LogP contribution in [0.1, 0.15) is 19.9 Å². The number of rotatable bonds is 5. The largest absolute Gasteiger partial charge is 0.487 e. The van der Waals surface area contributed by atoms with Crippen LogP contribution in [0.15, 0.2) is 42.7 Å². The molecule has 0 spiro atoms. The molecular weight excluding hydrogens is 280 g/mol. The highest BCUT2D eigenvalue weighted by atomic mass is 16.5. The molecule has 114 valence electrons. The first-order valence-corrected chi connectivity index (χ1v) is 7.17. The number of hydrogen-bond donors (Lipinski definition) is 1. The normalized spacial score (nSPS) is 16.4. The molecule has 1 fully saturated rings. The quantitative estimate of drug-likeness (QED) is 0.849. The first kappa shape index (κ1) is 13.1. The van der Waals surface area contributed by atoms with Gasteiger partial charge in [-0.05, 0) is 30.7 Å². The molecule has 0 aliphatic carbocycles. The second kappa shape index (κ2) is 6.43. The molecular formula is C16H18N4O2. The summed E-state index contributed by atoms with van der Waals surface area (Å²) in [5, 5.41) is 2.53. The zero-order valence-corrected chi connectivity index (χ0v) is 12.3. The fourth-order valence-electron chi connectivity index (χ4n) is 2.33. The van der Waals surface area contributed by atoms with Crippen molar-refractivity contribution in [2.45, 2.75) is 19.1 Å². The van der Waals surface area contributed by atoms with Crippen molar-refractivity contribution in [2.75, 3.05) is 18.0 Å². The first-order valence-electron chi connectivity index (χ1n) is 7.67. The molecule has 6 nitrogen and oxygen atoms in total. The van der Waals surface area contributed by atoms with E-state index >= 15 is 0 Å². The van der Waals surface area contributed by atoms with E-state index in [2.05, 4.69) is 20.2 Å². The lowest BCUT2D eigenvalue weighted by Crippen LogP contribution is -2.54. The Kier molecular flexibility index (Phi) is 3.81. The fourth-order valence-corrected chi connectivity index (χ4v) is 2.33. The molecule has 1 atom stereocenters. The maximum absolute atomic E-state index is 10.8. The molecule has 2 heterocycles. The molecule has 0 unspecified atom stereocenters. The lowest BCUT2D eigenvalue weighted by molar-refractivity contribution is -0.110. The number of nitrogens with one attached hydrogen (secondary N) is 1. The lowest BCUT2D eigenvalue weighted by atomic mass is 10.1. The summed E-state index contributed by atoms with van der Waals surface area (Å²) in [7, 11) is 0. The SMILES string of the molecule is [3H]C(=O)N[C@@H](C)c1ccc(OC2CN(c3ncccn3)C2)cc1. The van der Waals surface area contributed by atoms with Gasteiger partial charge in [-0.25, -0.2) is 9.97 Å². The number of carbonyl (C=O) groups excluding carboxylic acids is 1. The van der Waals surface area contributed by atoms with E-state index in [9.17, 15) is 4.79 Å². The van der Waals surface area contributed by atoms with Crippen molar-refractivity contribution in [1.29, 1.82) is 0 Å². The van der Waals surface area contributed by atoms with Crippen molar-refractivity contribution < 1.29 is 10.9 Å². The zero-order valence-electron chi connectivity index (χ0n) is 13.3. The molecule has 1 aliphatic heterocycles. The molecule has 2 aromatic rings. The predicted octanol–water partition coefficient (Wildman–Crippen LogP) is 1.55. The minimum absolute atomic E-state index is 0.120. The molecule has 0 radical (unpaired) electrons. The Bertz CT molecular complexity index is 660. The van der Waals surface area contributed by atoms with Crippen LogP contribution in [0.2, 0.25) is 0 Å². The number of carbonyl (C=O) groups is 1. The molecule has 1 aromatic heterocycles. The van der Waals surface area contributed by atoms with E-state index in [1.807, 2.05) is 31.2 Å². The van der Waals surface area contributed by atoms with Gasteiger partial charge in [-0.1, -0.05) is 12.1 Å². The molecule has 1 aliphatic rings. The Morgan fingerprint density at radius 2 is 2.05 bits per heavy atom. The third-order valence-corrected chi connectivity index (χ3v) is 3.64. The van der Waals surface area contributed by atoms with Crippen LogP contribution in [0.25, 0.3) is 0 Å². The minimum atomic E-state index is -0.782. The van der Waals surface area contributed by atoms with Gasteiger partial charge in [0.15, 0.2) is 0 Å². The Morgan fingerprint density at radius 1 is 1.36 bits per heavy atom. The Labute approximate surface area is 130 Å². The molecule has 1 aromatic carbocycles. The van der Waals surface area contributed by atoms with E-state index in [4.69, 9.17) is 6.11 Å². The molecule has 0 bridgehead atoms. The number of hydrogen-bond acceptors (Lipinski definition) is 5. The smallest absolute Gasteiger partial charge is 0.225 e. The van der Waals surface area contributed by atoms with Gasteiger partial charge in [-0.2, -0.15) is 0 Å². The summed E-state index contributed by atoms with van der Waals surface area (Å²) >= 11 is 0. The van der Waals surface area contributed by atoms with Crippen LogP contribution in [0.4, 0.5) is 5.95 Å². The summed E-state index contributed by atoms with van der Waals surface area (Å²) in [4.78, 5) is 21.2. The topological polar surface area (TPSA) is 67.3 Å². The maximum Gasteiger partial charge on any atom is 0.225 e. The molecule has 1 amide bonds. The zero-order chi connectivity index (χ0) is 16.2. The van der Waals surface area contributed by atoms with E-state index in [0.717, 1.165) is 30.4 Å². The third kappa shape index (κ3) is 3.16. The highest BCUT2D eigenvalue weighted by Crippen LogP contribution is 2.22. The van der Waals surface area contributed by atoms with Gasteiger partial charge in [0.1, 0.15) is 13.2 Å². The van der Waals surface area contributed by atoms with E-state index in [1.54, 1.807) is 18.5 Å². The van der Waals surface area contributed by atoms with Crippen molar-refractivity contribution in [3.8, 4) is 5.75 Å². The number of benzene rings is 1. The Morgan fingerprint density at radius 3 is 2.68 bits per heavy atom. The number of aromatic nitrogens is 2. The second-order valence-electron chi connectivity index (χ2n) is 5.23. The van der Waals surface area contributed by atoms with Crippen LogP contribution in [-0.4, -0.2) is 35.5 Å². The fraction of sp³-hybridized carbons (Fsp3) is 0.312. The summed E-state index contributed by atoms with van der Waals surface area (Å²) in [5.74, 6) is 1.51. The van der Waals surface area contributed by atoms with Gasteiger partial charge in [0.25, 0.3) is 0 Å². The highest BCUT2D eigenvalue weighted by molar-refractivity contribution is 5.47. The standard InChI is InChI=1S/C16H18N4O2/c1-12(19-11-21)13-3-5-14(6-4-13)22-15-9-20(10-15)16-17-7-2-8-18-16/h2-8,11-12,15H,9-10H2,1H3,(H,19,21)/t12-/m0/s1/i11T. The summed E-state index contributed by atoms with van der Waals surface area (Å²) in [5.41, 5.74) is 0.936. The van der Waals surface area contributed by atoms with E-state index in [0.29, 0.717) is 0 Å². The van der Waals surface area contributed by atoms with Crippen molar-refractivity contribution in [3.63, 3.8) is 0 Å². The average Bonchev–Trinajstić information content (AvgIpc) is 2.51. The minimum Gasteiger partial charge on any atom is -0.487 e. The molecule has 1 saturated heterocycles. The maximum atomic E-state index is 10.8. The van der Waals surface area contributed by atoms with E-state index in [-0.39, 0.29) is 12.1 Å². The highest BCUT2D eigenvalue weighted by Gasteiger charge is 2.30. The third-order valence-electron chi connectivity index (χ3n) is 3.64. The Balaban J connectivity index is 1.51. The summed E-state index contributed by atoms with van der Waals surface area (Å²) in [6.45, 7) is 3.36. The lowest BCUT2D eigenvalue weighted by Gasteiger charge is -2.38. The second-order valence-corrected chi connectivity index (χ2v) is 5.23. The number of amides is 1. The van der Waals surface area contributed by atoms with Gasteiger partial charge in [0.05, 0.1) is 19.1 Å². The molecule has 6 heteroatoms. The van der Waals surface area contributed by atoms with Crippen molar-refractivity contribution in [3.05, 3.63) is 48.3 Å².